The van der Waals surface area contributed by atoms with Crippen molar-refractivity contribution in [2.75, 3.05) is 19.7 Å². The molecule has 98 valence electrons. The van der Waals surface area contributed by atoms with Gasteiger partial charge < -0.3 is 10.5 Å². The van der Waals surface area contributed by atoms with Gasteiger partial charge in [-0.15, -0.1) is 0 Å². The van der Waals surface area contributed by atoms with Gasteiger partial charge in [-0.25, -0.2) is 8.42 Å². The molecule has 1 saturated carbocycles. The van der Waals surface area contributed by atoms with Crippen LogP contribution in [0.15, 0.2) is 0 Å². The summed E-state index contributed by atoms with van der Waals surface area (Å²) >= 11 is 4.86. The van der Waals surface area contributed by atoms with Gasteiger partial charge in [-0.2, -0.15) is 4.31 Å². The van der Waals surface area contributed by atoms with Crippen molar-refractivity contribution >= 4 is 27.2 Å². The lowest BCUT2D eigenvalue weighted by molar-refractivity contribution is 0.0383. The topological polar surface area (TPSA) is 72.6 Å². The van der Waals surface area contributed by atoms with E-state index in [0.29, 0.717) is 13.2 Å². The third kappa shape index (κ3) is 2.78. The summed E-state index contributed by atoms with van der Waals surface area (Å²) in [6, 6.07) is 0. The minimum Gasteiger partial charge on any atom is -0.391 e. The quantitative estimate of drug-likeness (QED) is 0.749. The van der Waals surface area contributed by atoms with Gasteiger partial charge in [0.05, 0.1) is 11.9 Å². The first kappa shape index (κ1) is 13.2. The molecule has 2 rings (SSSR count). The van der Waals surface area contributed by atoms with Crippen LogP contribution in [0.1, 0.15) is 25.7 Å². The SMILES string of the molecule is NC(=S)C1CN(S(=O)(=O)C2CCCC2)CCO1. The molecule has 0 amide bonds. The summed E-state index contributed by atoms with van der Waals surface area (Å²) in [4.78, 5) is 0.233. The molecule has 0 spiro atoms. The largest absolute Gasteiger partial charge is 0.391 e. The monoisotopic (exact) mass is 278 g/mol. The fraction of sp³-hybridized carbons (Fsp3) is 0.900. The summed E-state index contributed by atoms with van der Waals surface area (Å²) in [5.74, 6) is 0. The van der Waals surface area contributed by atoms with Gasteiger partial charge in [-0.1, -0.05) is 25.1 Å². The lowest BCUT2D eigenvalue weighted by atomic mass is 10.3. The molecule has 7 heteroatoms. The number of hydrogen-bond acceptors (Lipinski definition) is 4. The zero-order valence-corrected chi connectivity index (χ0v) is 11.3. The molecule has 2 N–H and O–H groups in total. The molecule has 1 aliphatic heterocycles. The smallest absolute Gasteiger partial charge is 0.217 e. The third-order valence-electron chi connectivity index (χ3n) is 3.43. The van der Waals surface area contributed by atoms with Crippen LogP contribution < -0.4 is 5.73 Å². The molecule has 0 bridgehead atoms. The number of ether oxygens (including phenoxy) is 1. The maximum Gasteiger partial charge on any atom is 0.217 e. The molecular formula is C10H18N2O3S2. The summed E-state index contributed by atoms with van der Waals surface area (Å²) in [5, 5.41) is -0.215. The van der Waals surface area contributed by atoms with E-state index in [1.165, 1.54) is 4.31 Å². The number of rotatable bonds is 3. The molecule has 1 saturated heterocycles. The van der Waals surface area contributed by atoms with E-state index in [2.05, 4.69) is 0 Å². The van der Waals surface area contributed by atoms with E-state index in [1.807, 2.05) is 0 Å². The number of nitrogens with zero attached hydrogens (tertiary/aromatic N) is 1. The molecule has 5 nitrogen and oxygen atoms in total. The van der Waals surface area contributed by atoms with E-state index in [-0.39, 0.29) is 16.8 Å². The van der Waals surface area contributed by atoms with Crippen LogP contribution in [0.3, 0.4) is 0 Å². The third-order valence-corrected chi connectivity index (χ3v) is 6.06. The average Bonchev–Trinajstić information content (AvgIpc) is 2.83. The van der Waals surface area contributed by atoms with Crippen molar-refractivity contribution in [2.45, 2.75) is 37.0 Å². The van der Waals surface area contributed by atoms with E-state index in [4.69, 9.17) is 22.7 Å². The first-order chi connectivity index (χ1) is 8.01. The molecular weight excluding hydrogens is 260 g/mol. The van der Waals surface area contributed by atoms with Crippen molar-refractivity contribution in [3.05, 3.63) is 0 Å². The van der Waals surface area contributed by atoms with Crippen LogP contribution >= 0.6 is 12.2 Å². The molecule has 1 heterocycles. The second-order valence-electron chi connectivity index (χ2n) is 4.57. The highest BCUT2D eigenvalue weighted by atomic mass is 32.2. The molecule has 0 aromatic heterocycles. The average molecular weight is 278 g/mol. The normalized spacial score (nSPS) is 28.4. The molecule has 17 heavy (non-hydrogen) atoms. The Kier molecular flexibility index (Phi) is 4.02. The van der Waals surface area contributed by atoms with Crippen molar-refractivity contribution in [1.29, 1.82) is 0 Å². The summed E-state index contributed by atoms with van der Waals surface area (Å²) in [6.07, 6.45) is 3.13. The number of nitrogens with two attached hydrogens (primary N) is 1. The van der Waals surface area contributed by atoms with Crippen LogP contribution in [-0.4, -0.2) is 48.8 Å². The Hall–Kier alpha value is -0.240. The molecule has 1 atom stereocenters. The lowest BCUT2D eigenvalue weighted by Crippen LogP contribution is -2.51. The van der Waals surface area contributed by atoms with Crippen molar-refractivity contribution in [1.82, 2.24) is 4.31 Å². The molecule has 0 aromatic carbocycles. The van der Waals surface area contributed by atoms with Crippen LogP contribution in [0.25, 0.3) is 0 Å². The second-order valence-corrected chi connectivity index (χ2v) is 7.26. The second kappa shape index (κ2) is 5.17. The van der Waals surface area contributed by atoms with Gasteiger partial charge in [0.25, 0.3) is 0 Å². The molecule has 1 aliphatic carbocycles. The highest BCUT2D eigenvalue weighted by molar-refractivity contribution is 7.89. The van der Waals surface area contributed by atoms with Crippen LogP contribution in [0, 0.1) is 0 Å². The van der Waals surface area contributed by atoms with Crippen molar-refractivity contribution in [3.8, 4) is 0 Å². The molecule has 0 aromatic rings. The fourth-order valence-electron chi connectivity index (χ4n) is 2.43. The lowest BCUT2D eigenvalue weighted by Gasteiger charge is -2.33. The zero-order chi connectivity index (χ0) is 12.5. The Morgan fingerprint density at radius 1 is 1.35 bits per heavy atom. The van der Waals surface area contributed by atoms with Gasteiger partial charge in [0.1, 0.15) is 11.1 Å². The maximum atomic E-state index is 12.3. The van der Waals surface area contributed by atoms with E-state index in [1.54, 1.807) is 0 Å². The highest BCUT2D eigenvalue weighted by Crippen LogP contribution is 2.28. The Bertz CT molecular complexity index is 390. The van der Waals surface area contributed by atoms with Gasteiger partial charge in [-0.05, 0) is 12.8 Å². The Balaban J connectivity index is 2.08. The Morgan fingerprint density at radius 2 is 2.00 bits per heavy atom. The molecule has 0 radical (unpaired) electrons. The van der Waals surface area contributed by atoms with E-state index >= 15 is 0 Å². The van der Waals surface area contributed by atoms with Gasteiger partial charge in [-0.3, -0.25) is 0 Å². The van der Waals surface area contributed by atoms with E-state index < -0.39 is 16.1 Å². The number of morpholine rings is 1. The van der Waals surface area contributed by atoms with E-state index in [9.17, 15) is 8.42 Å². The summed E-state index contributed by atoms with van der Waals surface area (Å²) < 4.78 is 31.5. The van der Waals surface area contributed by atoms with Gasteiger partial charge in [0.15, 0.2) is 0 Å². The van der Waals surface area contributed by atoms with Gasteiger partial charge in [0.2, 0.25) is 10.0 Å². The Labute approximate surface area is 107 Å². The summed E-state index contributed by atoms with van der Waals surface area (Å²) in [6.45, 7) is 1.06. The Morgan fingerprint density at radius 3 is 2.59 bits per heavy atom. The van der Waals surface area contributed by atoms with Crippen molar-refractivity contribution < 1.29 is 13.2 Å². The molecule has 2 fully saturated rings. The fourth-order valence-corrected chi connectivity index (χ4v) is 4.59. The summed E-state index contributed by atoms with van der Waals surface area (Å²) in [7, 11) is -3.19. The zero-order valence-electron chi connectivity index (χ0n) is 9.67. The first-order valence-corrected chi connectivity index (χ1v) is 7.83. The van der Waals surface area contributed by atoms with Gasteiger partial charge in [0, 0.05) is 13.1 Å². The first-order valence-electron chi connectivity index (χ1n) is 5.91. The van der Waals surface area contributed by atoms with E-state index in [0.717, 1.165) is 25.7 Å². The van der Waals surface area contributed by atoms with Crippen LogP contribution in [0.5, 0.6) is 0 Å². The van der Waals surface area contributed by atoms with Crippen molar-refractivity contribution in [3.63, 3.8) is 0 Å². The number of thiocarbonyl (C=S) groups is 1. The van der Waals surface area contributed by atoms with Crippen molar-refractivity contribution in [2.24, 2.45) is 5.73 Å². The minimum atomic E-state index is -3.19. The number of sulfonamides is 1. The molecule has 2 aliphatic rings. The predicted octanol–water partition coefficient (Wildman–Crippen LogP) is 0.246. The van der Waals surface area contributed by atoms with Gasteiger partial charge >= 0.3 is 0 Å². The number of hydrogen-bond donors (Lipinski definition) is 1. The van der Waals surface area contributed by atoms with Crippen LogP contribution in [-0.2, 0) is 14.8 Å². The highest BCUT2D eigenvalue weighted by Gasteiger charge is 2.37. The van der Waals surface area contributed by atoms with Crippen LogP contribution in [0.4, 0.5) is 0 Å². The maximum absolute atomic E-state index is 12.3. The standard InChI is InChI=1S/C10H18N2O3S2/c11-10(16)9-7-12(5-6-15-9)17(13,14)8-3-1-2-4-8/h8-9H,1-7H2,(H2,11,16). The van der Waals surface area contributed by atoms with Crippen LogP contribution in [0.2, 0.25) is 0 Å². The molecule has 1 unspecified atom stereocenters. The summed E-state index contributed by atoms with van der Waals surface area (Å²) in [5.41, 5.74) is 5.51. The predicted molar refractivity (Wildman–Crippen MR) is 69.3 cm³/mol. The minimum absolute atomic E-state index is 0.215.